The van der Waals surface area contributed by atoms with Crippen molar-refractivity contribution in [1.82, 2.24) is 0 Å². The maximum atomic E-state index is 9.89. The van der Waals surface area contributed by atoms with Crippen molar-refractivity contribution in [3.63, 3.8) is 0 Å². The van der Waals surface area contributed by atoms with Crippen molar-refractivity contribution in [3.8, 4) is 0 Å². The number of carbonyl (C=O) groups is 1. The molecule has 0 unspecified atom stereocenters. The maximum absolute atomic E-state index is 9.89. The molecule has 0 atom stereocenters. The minimum absolute atomic E-state index is 0.111. The minimum atomic E-state index is -0.926. The van der Waals surface area contributed by atoms with E-state index in [4.69, 9.17) is 10.2 Å². The zero-order valence-electron chi connectivity index (χ0n) is 11.4. The van der Waals surface area contributed by atoms with Gasteiger partial charge in [-0.1, -0.05) is 66.8 Å². The lowest BCUT2D eigenvalue weighted by molar-refractivity contribution is -0.131. The van der Waals surface area contributed by atoms with Gasteiger partial charge in [-0.2, -0.15) is 0 Å². The summed E-state index contributed by atoms with van der Waals surface area (Å²) >= 11 is 0. The Morgan fingerprint density at radius 3 is 1.74 bits per heavy atom. The largest absolute Gasteiger partial charge is 0.478 e. The topological polar surface area (TPSA) is 57.5 Å². The van der Waals surface area contributed by atoms with Gasteiger partial charge >= 0.3 is 5.97 Å². The predicted molar refractivity (Wildman–Crippen MR) is 80.9 cm³/mol. The van der Waals surface area contributed by atoms with Crippen LogP contribution in [-0.2, 0) is 4.79 Å². The summed E-state index contributed by atoms with van der Waals surface area (Å²) in [5.41, 5.74) is 0. The SMILES string of the molecule is CC=CC=CC=CC(=O)O.CC=CC=CC=CCO. The fourth-order valence-electron chi connectivity index (χ4n) is 0.756. The van der Waals surface area contributed by atoms with Gasteiger partial charge in [0, 0.05) is 6.08 Å². The normalized spacial score (nSPS) is 12.4. The van der Waals surface area contributed by atoms with Gasteiger partial charge < -0.3 is 10.2 Å². The van der Waals surface area contributed by atoms with Crippen LogP contribution in [0.1, 0.15) is 13.8 Å². The fraction of sp³-hybridized carbons (Fsp3) is 0.188. The van der Waals surface area contributed by atoms with Gasteiger partial charge in [-0.05, 0) is 13.8 Å². The lowest BCUT2D eigenvalue weighted by atomic mass is 10.4. The Kier molecular flexibility index (Phi) is 18.4. The standard InChI is InChI=1S/C8H10O2.C8H12O/c1-2-3-4-5-6-7-8(9)10;1-2-3-4-5-6-7-8-9/h2-7H,1H3,(H,9,10);2-7,9H,8H2,1H3. The molecule has 2 N–H and O–H groups in total. The van der Waals surface area contributed by atoms with Crippen molar-refractivity contribution in [2.45, 2.75) is 13.8 Å². The lowest BCUT2D eigenvalue weighted by Gasteiger charge is -1.73. The highest BCUT2D eigenvalue weighted by atomic mass is 16.4. The van der Waals surface area contributed by atoms with E-state index in [9.17, 15) is 4.79 Å². The maximum Gasteiger partial charge on any atom is 0.328 e. The third kappa shape index (κ3) is 25.8. The molecule has 0 aliphatic rings. The molecule has 19 heavy (non-hydrogen) atoms. The number of rotatable bonds is 6. The van der Waals surface area contributed by atoms with Crippen LogP contribution in [0.15, 0.2) is 72.9 Å². The summed E-state index contributed by atoms with van der Waals surface area (Å²) in [7, 11) is 0. The van der Waals surface area contributed by atoms with E-state index in [1.165, 1.54) is 6.08 Å². The molecule has 0 saturated carbocycles. The first-order valence-corrected chi connectivity index (χ1v) is 5.93. The zero-order valence-corrected chi connectivity index (χ0v) is 11.4. The molecule has 0 spiro atoms. The first-order chi connectivity index (χ1) is 9.18. The third-order valence-corrected chi connectivity index (χ3v) is 1.53. The highest BCUT2D eigenvalue weighted by Gasteiger charge is 1.78. The van der Waals surface area contributed by atoms with Gasteiger partial charge in [0.05, 0.1) is 6.61 Å². The number of hydrogen-bond acceptors (Lipinski definition) is 2. The molecule has 0 aromatic carbocycles. The van der Waals surface area contributed by atoms with Gasteiger partial charge in [-0.25, -0.2) is 4.79 Å². The van der Waals surface area contributed by atoms with Crippen LogP contribution in [0.2, 0.25) is 0 Å². The summed E-state index contributed by atoms with van der Waals surface area (Å²) in [5.74, 6) is -0.926. The Balaban J connectivity index is 0. The number of carboxylic acid groups (broad SMARTS) is 1. The highest BCUT2D eigenvalue weighted by molar-refractivity contribution is 5.80. The van der Waals surface area contributed by atoms with Gasteiger partial charge in [-0.3, -0.25) is 0 Å². The van der Waals surface area contributed by atoms with Gasteiger partial charge in [-0.15, -0.1) is 0 Å². The summed E-state index contributed by atoms with van der Waals surface area (Å²) in [4.78, 5) is 9.89. The smallest absolute Gasteiger partial charge is 0.328 e. The zero-order chi connectivity index (χ0) is 14.8. The predicted octanol–water partition coefficient (Wildman–Crippen LogP) is 3.43. The molecular formula is C16H22O3. The summed E-state index contributed by atoms with van der Waals surface area (Å²) in [5, 5.41) is 16.4. The molecule has 0 saturated heterocycles. The average molecular weight is 262 g/mol. The third-order valence-electron chi connectivity index (χ3n) is 1.53. The molecule has 0 bridgehead atoms. The molecule has 3 heteroatoms. The lowest BCUT2D eigenvalue weighted by Crippen LogP contribution is -1.84. The van der Waals surface area contributed by atoms with E-state index < -0.39 is 5.97 Å². The van der Waals surface area contributed by atoms with Crippen LogP contribution in [0.3, 0.4) is 0 Å². The number of carboxylic acids is 1. The van der Waals surface area contributed by atoms with E-state index in [1.54, 1.807) is 24.3 Å². The first kappa shape index (κ1) is 19.2. The molecule has 104 valence electrons. The van der Waals surface area contributed by atoms with Crippen LogP contribution in [-0.4, -0.2) is 22.8 Å². The minimum Gasteiger partial charge on any atom is -0.478 e. The Bertz CT molecular complexity index is 369. The van der Waals surface area contributed by atoms with Gasteiger partial charge in [0.15, 0.2) is 0 Å². The Morgan fingerprint density at radius 1 is 0.842 bits per heavy atom. The van der Waals surface area contributed by atoms with Crippen LogP contribution in [0.25, 0.3) is 0 Å². The number of aliphatic hydroxyl groups excluding tert-OH is 1. The van der Waals surface area contributed by atoms with Gasteiger partial charge in [0.25, 0.3) is 0 Å². The highest BCUT2D eigenvalue weighted by Crippen LogP contribution is 1.79. The molecule has 3 nitrogen and oxygen atoms in total. The Labute approximate surface area is 115 Å². The molecule has 0 radical (unpaired) electrons. The summed E-state index contributed by atoms with van der Waals surface area (Å²) < 4.78 is 0. The van der Waals surface area contributed by atoms with E-state index in [0.717, 1.165) is 6.08 Å². The molecule has 0 aliphatic carbocycles. The second-order valence-corrected chi connectivity index (χ2v) is 3.13. The van der Waals surface area contributed by atoms with E-state index in [0.29, 0.717) is 0 Å². The van der Waals surface area contributed by atoms with E-state index in [2.05, 4.69) is 0 Å². The number of aliphatic hydroxyl groups is 1. The first-order valence-electron chi connectivity index (χ1n) is 5.93. The summed E-state index contributed by atoms with van der Waals surface area (Å²) in [6.45, 7) is 3.96. The summed E-state index contributed by atoms with van der Waals surface area (Å²) in [6, 6.07) is 0. The second kappa shape index (κ2) is 18.2. The van der Waals surface area contributed by atoms with Gasteiger partial charge in [0.1, 0.15) is 0 Å². The van der Waals surface area contributed by atoms with Crippen molar-refractivity contribution in [2.24, 2.45) is 0 Å². The quantitative estimate of drug-likeness (QED) is 0.569. The Morgan fingerprint density at radius 2 is 1.32 bits per heavy atom. The van der Waals surface area contributed by atoms with Crippen molar-refractivity contribution in [2.75, 3.05) is 6.61 Å². The summed E-state index contributed by atoms with van der Waals surface area (Å²) in [6.07, 6.45) is 20.8. The van der Waals surface area contributed by atoms with Crippen molar-refractivity contribution < 1.29 is 15.0 Å². The van der Waals surface area contributed by atoms with Crippen molar-refractivity contribution >= 4 is 5.97 Å². The Hall–Kier alpha value is -2.13. The van der Waals surface area contributed by atoms with E-state index in [-0.39, 0.29) is 6.61 Å². The molecule has 0 amide bonds. The molecule has 0 rings (SSSR count). The molecule has 0 aromatic rings. The van der Waals surface area contributed by atoms with E-state index >= 15 is 0 Å². The molecule has 0 heterocycles. The van der Waals surface area contributed by atoms with Crippen molar-refractivity contribution in [1.29, 1.82) is 0 Å². The van der Waals surface area contributed by atoms with Crippen molar-refractivity contribution in [3.05, 3.63) is 72.9 Å². The number of hydrogen-bond donors (Lipinski definition) is 2. The number of allylic oxidation sites excluding steroid dienone is 10. The van der Waals surface area contributed by atoms with Crippen LogP contribution < -0.4 is 0 Å². The van der Waals surface area contributed by atoms with Crippen LogP contribution in [0.4, 0.5) is 0 Å². The van der Waals surface area contributed by atoms with Crippen LogP contribution in [0, 0.1) is 0 Å². The molecule has 0 aliphatic heterocycles. The average Bonchev–Trinajstić information content (AvgIpc) is 2.39. The molecule has 0 fully saturated rings. The van der Waals surface area contributed by atoms with Gasteiger partial charge in [0.2, 0.25) is 0 Å². The fourth-order valence-corrected chi connectivity index (χ4v) is 0.756. The van der Waals surface area contributed by atoms with E-state index in [1.807, 2.05) is 50.3 Å². The molecule has 0 aromatic heterocycles. The van der Waals surface area contributed by atoms with Crippen LogP contribution >= 0.6 is 0 Å². The molecular weight excluding hydrogens is 240 g/mol. The monoisotopic (exact) mass is 262 g/mol. The number of aliphatic carboxylic acids is 1. The van der Waals surface area contributed by atoms with Crippen LogP contribution in [0.5, 0.6) is 0 Å². The second-order valence-electron chi connectivity index (χ2n) is 3.13.